The zero-order chi connectivity index (χ0) is 18.7. The Kier molecular flexibility index (Phi) is 5.22. The van der Waals surface area contributed by atoms with Gasteiger partial charge in [-0.05, 0) is 45.8 Å². The first-order chi connectivity index (χ1) is 12.5. The lowest BCUT2D eigenvalue weighted by atomic mass is 10.2. The van der Waals surface area contributed by atoms with Crippen molar-refractivity contribution in [3.05, 3.63) is 68.7 Å². The largest absolute Gasteiger partial charge is 0.493 e. The van der Waals surface area contributed by atoms with Gasteiger partial charge in [0.1, 0.15) is 11.2 Å². The van der Waals surface area contributed by atoms with E-state index in [4.69, 9.17) is 9.47 Å². The molecule has 3 rings (SSSR count). The summed E-state index contributed by atoms with van der Waals surface area (Å²) in [5.41, 5.74) is 0.837. The van der Waals surface area contributed by atoms with Crippen LogP contribution >= 0.6 is 15.9 Å². The van der Waals surface area contributed by atoms with Gasteiger partial charge in [0.05, 0.1) is 18.7 Å². The van der Waals surface area contributed by atoms with Crippen LogP contribution in [-0.4, -0.2) is 29.5 Å². The molecule has 7 nitrogen and oxygen atoms in total. The lowest BCUT2D eigenvalue weighted by molar-refractivity contribution is 0.0949. The molecule has 2 heterocycles. The van der Waals surface area contributed by atoms with Gasteiger partial charge in [-0.1, -0.05) is 6.07 Å². The van der Waals surface area contributed by atoms with Gasteiger partial charge in [0.2, 0.25) is 0 Å². The predicted octanol–water partition coefficient (Wildman–Crippen LogP) is 2.40. The van der Waals surface area contributed by atoms with Crippen LogP contribution < -0.4 is 20.3 Å². The molecule has 1 aromatic carbocycles. The molecule has 1 N–H and O–H groups in total. The zero-order valence-corrected chi connectivity index (χ0v) is 15.7. The lowest BCUT2D eigenvalue weighted by Crippen LogP contribution is -2.31. The van der Waals surface area contributed by atoms with Crippen LogP contribution in [0.3, 0.4) is 0 Å². The molecule has 0 bridgehead atoms. The molecule has 0 saturated carbocycles. The van der Waals surface area contributed by atoms with Crippen LogP contribution in [0.2, 0.25) is 0 Å². The van der Waals surface area contributed by atoms with Crippen molar-refractivity contribution in [3.63, 3.8) is 0 Å². The van der Waals surface area contributed by atoms with Crippen LogP contribution in [0.5, 0.6) is 11.5 Å². The summed E-state index contributed by atoms with van der Waals surface area (Å²) in [6, 6.07) is 8.75. The summed E-state index contributed by atoms with van der Waals surface area (Å²) in [5.74, 6) is 0.616. The van der Waals surface area contributed by atoms with Crippen molar-refractivity contribution >= 4 is 27.5 Å². The second kappa shape index (κ2) is 7.57. The van der Waals surface area contributed by atoms with Crippen LogP contribution in [0.1, 0.15) is 15.9 Å². The summed E-state index contributed by atoms with van der Waals surface area (Å²) in [5, 5.41) is 2.73. The van der Waals surface area contributed by atoms with E-state index >= 15 is 0 Å². The van der Waals surface area contributed by atoms with Gasteiger partial charge in [-0.15, -0.1) is 0 Å². The number of nitrogens with one attached hydrogen (secondary N) is 1. The van der Waals surface area contributed by atoms with Gasteiger partial charge in [-0.2, -0.15) is 0 Å². The van der Waals surface area contributed by atoms with Crippen molar-refractivity contribution in [2.45, 2.75) is 6.54 Å². The molecule has 0 fully saturated rings. The monoisotopic (exact) mass is 417 g/mol. The van der Waals surface area contributed by atoms with Gasteiger partial charge in [0.25, 0.3) is 11.5 Å². The molecule has 0 spiro atoms. The number of pyridine rings is 1. The molecule has 0 radical (unpaired) electrons. The Balaban J connectivity index is 1.83. The quantitative estimate of drug-likeness (QED) is 0.688. The Bertz CT molecular complexity index is 1030. The number of fused-ring (bicyclic) bond motifs is 1. The highest BCUT2D eigenvalue weighted by molar-refractivity contribution is 9.10. The molecule has 134 valence electrons. The number of carbonyl (C=O) groups is 1. The number of hydrogen-bond acceptors (Lipinski definition) is 5. The van der Waals surface area contributed by atoms with Crippen molar-refractivity contribution < 1.29 is 14.3 Å². The third kappa shape index (κ3) is 3.41. The Morgan fingerprint density at radius 1 is 1.27 bits per heavy atom. The summed E-state index contributed by atoms with van der Waals surface area (Å²) in [4.78, 5) is 29.0. The van der Waals surface area contributed by atoms with Gasteiger partial charge in [-0.25, -0.2) is 4.98 Å². The third-order valence-electron chi connectivity index (χ3n) is 3.80. The minimum atomic E-state index is -0.494. The Morgan fingerprint density at radius 2 is 2.08 bits per heavy atom. The third-order valence-corrected chi connectivity index (χ3v) is 4.39. The minimum absolute atomic E-state index is 0.0201. The lowest BCUT2D eigenvalue weighted by Gasteiger charge is -2.12. The molecule has 0 aliphatic heterocycles. The van der Waals surface area contributed by atoms with Gasteiger partial charge < -0.3 is 14.8 Å². The average Bonchev–Trinajstić information content (AvgIpc) is 2.66. The van der Waals surface area contributed by atoms with E-state index in [2.05, 4.69) is 26.2 Å². The Morgan fingerprint density at radius 3 is 2.81 bits per heavy atom. The number of ether oxygens (including phenoxy) is 2. The summed E-state index contributed by atoms with van der Waals surface area (Å²) in [7, 11) is 3.08. The van der Waals surface area contributed by atoms with E-state index in [1.165, 1.54) is 17.7 Å². The van der Waals surface area contributed by atoms with Crippen LogP contribution in [0, 0.1) is 0 Å². The van der Waals surface area contributed by atoms with Crippen molar-refractivity contribution in [1.29, 1.82) is 0 Å². The van der Waals surface area contributed by atoms with E-state index in [0.29, 0.717) is 21.6 Å². The average molecular weight is 418 g/mol. The second-order valence-corrected chi connectivity index (χ2v) is 6.26. The Labute approximate surface area is 157 Å². The van der Waals surface area contributed by atoms with E-state index in [9.17, 15) is 9.59 Å². The maximum Gasteiger partial charge on any atom is 0.270 e. The molecule has 0 aliphatic rings. The van der Waals surface area contributed by atoms with Crippen LogP contribution in [0.15, 0.2) is 52.0 Å². The van der Waals surface area contributed by atoms with Crippen molar-refractivity contribution in [2.24, 2.45) is 0 Å². The molecule has 1 amide bonds. The number of amides is 1. The maximum absolute atomic E-state index is 12.4. The van der Waals surface area contributed by atoms with Crippen LogP contribution in [0.25, 0.3) is 5.65 Å². The topological polar surface area (TPSA) is 81.9 Å². The minimum Gasteiger partial charge on any atom is -0.493 e. The standard InChI is InChI=1S/C18H16BrN3O4/c1-25-14-8-11(7-13(19)16(14)26-2)9-21-17(23)12-10-20-15-5-3-4-6-22(15)18(12)24/h3-8,10H,9H2,1-2H3,(H,21,23). The molecule has 0 atom stereocenters. The maximum atomic E-state index is 12.4. The highest BCUT2D eigenvalue weighted by Gasteiger charge is 2.15. The summed E-state index contributed by atoms with van der Waals surface area (Å²) in [6.07, 6.45) is 2.87. The van der Waals surface area contributed by atoms with Crippen molar-refractivity contribution in [1.82, 2.24) is 14.7 Å². The number of nitrogens with zero attached hydrogens (tertiary/aromatic N) is 2. The summed E-state index contributed by atoms with van der Waals surface area (Å²) >= 11 is 3.41. The number of hydrogen-bond donors (Lipinski definition) is 1. The predicted molar refractivity (Wildman–Crippen MR) is 99.9 cm³/mol. The fourth-order valence-electron chi connectivity index (χ4n) is 2.53. The van der Waals surface area contributed by atoms with E-state index in [0.717, 1.165) is 5.56 Å². The first-order valence-electron chi connectivity index (χ1n) is 7.70. The van der Waals surface area contributed by atoms with E-state index in [1.54, 1.807) is 37.6 Å². The number of aromatic nitrogens is 2. The number of benzene rings is 1. The highest BCUT2D eigenvalue weighted by atomic mass is 79.9. The van der Waals surface area contributed by atoms with E-state index in [1.807, 2.05) is 6.07 Å². The van der Waals surface area contributed by atoms with Crippen LogP contribution in [-0.2, 0) is 6.54 Å². The van der Waals surface area contributed by atoms with Gasteiger partial charge in [0, 0.05) is 18.9 Å². The first-order valence-corrected chi connectivity index (χ1v) is 8.49. The molecule has 3 aromatic rings. The molecule has 0 saturated heterocycles. The molecular formula is C18H16BrN3O4. The van der Waals surface area contributed by atoms with Gasteiger partial charge >= 0.3 is 0 Å². The normalized spacial score (nSPS) is 10.6. The van der Waals surface area contributed by atoms with Gasteiger partial charge in [-0.3, -0.25) is 14.0 Å². The van der Waals surface area contributed by atoms with Crippen LogP contribution in [0.4, 0.5) is 0 Å². The molecular weight excluding hydrogens is 402 g/mol. The smallest absolute Gasteiger partial charge is 0.270 e. The number of halogens is 1. The molecule has 26 heavy (non-hydrogen) atoms. The second-order valence-electron chi connectivity index (χ2n) is 5.40. The zero-order valence-electron chi connectivity index (χ0n) is 14.2. The van der Waals surface area contributed by atoms with E-state index in [-0.39, 0.29) is 12.1 Å². The molecule has 8 heteroatoms. The molecule has 0 unspecified atom stereocenters. The van der Waals surface area contributed by atoms with E-state index < -0.39 is 11.5 Å². The number of methoxy groups -OCH3 is 2. The van der Waals surface area contributed by atoms with Crippen molar-refractivity contribution in [3.8, 4) is 11.5 Å². The highest BCUT2D eigenvalue weighted by Crippen LogP contribution is 2.36. The summed E-state index contributed by atoms with van der Waals surface area (Å²) in [6.45, 7) is 0.217. The first kappa shape index (κ1) is 17.9. The SMILES string of the molecule is COc1cc(CNC(=O)c2cnc3ccccn3c2=O)cc(Br)c1OC. The number of carbonyl (C=O) groups excluding carboxylic acids is 1. The fraction of sp³-hybridized carbons (Fsp3) is 0.167. The Hall–Kier alpha value is -2.87. The molecule has 2 aromatic heterocycles. The van der Waals surface area contributed by atoms with Crippen molar-refractivity contribution in [2.75, 3.05) is 14.2 Å². The summed E-state index contributed by atoms with van der Waals surface area (Å²) < 4.78 is 12.6. The molecule has 0 aliphatic carbocycles. The van der Waals surface area contributed by atoms with Gasteiger partial charge in [0.15, 0.2) is 11.5 Å². The number of rotatable bonds is 5. The fourth-order valence-corrected chi connectivity index (χ4v) is 3.18.